The summed E-state index contributed by atoms with van der Waals surface area (Å²) in [6.45, 7) is 6.98. The van der Waals surface area contributed by atoms with Gasteiger partial charge < -0.3 is 9.47 Å². The number of hydrogen-bond acceptors (Lipinski definition) is 6. The average Bonchev–Trinajstić information content (AvgIpc) is 3.25. The van der Waals surface area contributed by atoms with E-state index >= 15 is 0 Å². The van der Waals surface area contributed by atoms with Gasteiger partial charge in [0.25, 0.3) is 0 Å². The van der Waals surface area contributed by atoms with Crippen LogP contribution in [0.2, 0.25) is 0 Å². The molecule has 4 rings (SSSR count). The van der Waals surface area contributed by atoms with Crippen molar-refractivity contribution < 1.29 is 9.47 Å². The van der Waals surface area contributed by atoms with E-state index in [4.69, 9.17) is 26.8 Å². The van der Waals surface area contributed by atoms with Crippen LogP contribution in [0.15, 0.2) is 24.5 Å². The normalized spacial score (nSPS) is 20.0. The third kappa shape index (κ3) is 3.46. The Bertz CT molecular complexity index is 788. The molecule has 4 heterocycles. The summed E-state index contributed by atoms with van der Waals surface area (Å²) in [6.07, 6.45) is 6.39. The van der Waals surface area contributed by atoms with Crippen LogP contribution in [0.4, 0.5) is 0 Å². The van der Waals surface area contributed by atoms with Crippen molar-refractivity contribution >= 4 is 12.2 Å². The largest absolute Gasteiger partial charge is 0.347 e. The first-order valence-corrected chi connectivity index (χ1v) is 9.70. The lowest BCUT2D eigenvalue weighted by Gasteiger charge is -2.37. The first kappa shape index (κ1) is 17.8. The van der Waals surface area contributed by atoms with Gasteiger partial charge in [-0.3, -0.25) is 14.5 Å². The smallest absolute Gasteiger partial charge is 0.199 e. The maximum Gasteiger partial charge on any atom is 0.199 e. The SMILES string of the molecule is CCCn1c(-c2ccncc2)nn(CN2CCC3(CC2)OCCO3)c1=S. The molecule has 2 aliphatic heterocycles. The second-order valence-corrected chi connectivity index (χ2v) is 7.23. The van der Waals surface area contributed by atoms with Crippen molar-refractivity contribution in [2.24, 2.45) is 0 Å². The molecular formula is C18H25N5O2S. The van der Waals surface area contributed by atoms with Crippen LogP contribution in [0.1, 0.15) is 26.2 Å². The van der Waals surface area contributed by atoms with Crippen LogP contribution in [-0.2, 0) is 22.7 Å². The molecule has 0 amide bonds. The fraction of sp³-hybridized carbons (Fsp3) is 0.611. The molecule has 2 aliphatic rings. The summed E-state index contributed by atoms with van der Waals surface area (Å²) in [7, 11) is 0. The van der Waals surface area contributed by atoms with E-state index in [1.54, 1.807) is 12.4 Å². The van der Waals surface area contributed by atoms with Gasteiger partial charge in [-0.25, -0.2) is 4.68 Å². The molecule has 26 heavy (non-hydrogen) atoms. The van der Waals surface area contributed by atoms with Crippen molar-refractivity contribution in [3.8, 4) is 11.4 Å². The zero-order valence-electron chi connectivity index (χ0n) is 15.1. The number of hydrogen-bond donors (Lipinski definition) is 0. The van der Waals surface area contributed by atoms with Gasteiger partial charge in [0.05, 0.1) is 19.9 Å². The quantitative estimate of drug-likeness (QED) is 0.749. The Labute approximate surface area is 158 Å². The van der Waals surface area contributed by atoms with E-state index < -0.39 is 0 Å². The topological polar surface area (TPSA) is 57.3 Å². The summed E-state index contributed by atoms with van der Waals surface area (Å²) < 4.78 is 16.5. The molecule has 2 fully saturated rings. The van der Waals surface area contributed by atoms with Crippen LogP contribution in [0, 0.1) is 4.77 Å². The van der Waals surface area contributed by atoms with Gasteiger partial charge in [-0.2, -0.15) is 5.10 Å². The number of likely N-dealkylation sites (tertiary alicyclic amines) is 1. The molecule has 0 radical (unpaired) electrons. The van der Waals surface area contributed by atoms with E-state index in [2.05, 4.69) is 21.4 Å². The van der Waals surface area contributed by atoms with E-state index in [-0.39, 0.29) is 5.79 Å². The van der Waals surface area contributed by atoms with Crippen LogP contribution in [0.5, 0.6) is 0 Å². The summed E-state index contributed by atoms with van der Waals surface area (Å²) in [5, 5.41) is 4.83. The Morgan fingerprint density at radius 3 is 2.50 bits per heavy atom. The number of rotatable bonds is 5. The van der Waals surface area contributed by atoms with Crippen LogP contribution in [-0.4, -0.2) is 56.3 Å². The van der Waals surface area contributed by atoms with E-state index in [0.717, 1.165) is 55.1 Å². The zero-order chi connectivity index (χ0) is 18.0. The number of ether oxygens (including phenoxy) is 2. The van der Waals surface area contributed by atoms with Crippen molar-refractivity contribution in [2.75, 3.05) is 26.3 Å². The Morgan fingerprint density at radius 2 is 1.85 bits per heavy atom. The highest BCUT2D eigenvalue weighted by atomic mass is 32.1. The van der Waals surface area contributed by atoms with Crippen LogP contribution < -0.4 is 0 Å². The summed E-state index contributed by atoms with van der Waals surface area (Å²) in [5.41, 5.74) is 1.05. The highest BCUT2D eigenvalue weighted by Gasteiger charge is 2.39. The zero-order valence-corrected chi connectivity index (χ0v) is 16.0. The van der Waals surface area contributed by atoms with Gasteiger partial charge in [0.2, 0.25) is 0 Å². The molecule has 0 saturated carbocycles. The number of pyridine rings is 1. The first-order chi connectivity index (χ1) is 12.7. The molecule has 2 saturated heterocycles. The Hall–Kier alpha value is -1.61. The predicted molar refractivity (Wildman–Crippen MR) is 100 cm³/mol. The molecule has 140 valence electrons. The Morgan fingerprint density at radius 1 is 1.15 bits per heavy atom. The maximum atomic E-state index is 5.81. The first-order valence-electron chi connectivity index (χ1n) is 9.29. The maximum absolute atomic E-state index is 5.81. The van der Waals surface area contributed by atoms with Gasteiger partial charge in [-0.05, 0) is 30.8 Å². The molecular weight excluding hydrogens is 350 g/mol. The molecule has 0 aromatic carbocycles. The van der Waals surface area contributed by atoms with Crippen LogP contribution >= 0.6 is 12.2 Å². The molecule has 0 bridgehead atoms. The van der Waals surface area contributed by atoms with Gasteiger partial charge in [0.1, 0.15) is 0 Å². The molecule has 0 unspecified atom stereocenters. The molecule has 0 atom stereocenters. The minimum Gasteiger partial charge on any atom is -0.347 e. The third-order valence-corrected chi connectivity index (χ3v) is 5.51. The van der Waals surface area contributed by atoms with Crippen LogP contribution in [0.3, 0.4) is 0 Å². The lowest BCUT2D eigenvalue weighted by atomic mass is 10.0. The highest BCUT2D eigenvalue weighted by molar-refractivity contribution is 7.71. The number of nitrogens with zero attached hydrogens (tertiary/aromatic N) is 5. The van der Waals surface area contributed by atoms with Crippen LogP contribution in [0.25, 0.3) is 11.4 Å². The van der Waals surface area contributed by atoms with Crippen molar-refractivity contribution in [2.45, 2.75) is 45.2 Å². The highest BCUT2D eigenvalue weighted by Crippen LogP contribution is 2.31. The van der Waals surface area contributed by atoms with E-state index in [1.807, 2.05) is 16.8 Å². The molecule has 2 aromatic heterocycles. The summed E-state index contributed by atoms with van der Waals surface area (Å²) >= 11 is 5.72. The number of aromatic nitrogens is 4. The minimum absolute atomic E-state index is 0.346. The van der Waals surface area contributed by atoms with Gasteiger partial charge >= 0.3 is 0 Å². The third-order valence-electron chi connectivity index (χ3n) is 5.07. The monoisotopic (exact) mass is 375 g/mol. The summed E-state index contributed by atoms with van der Waals surface area (Å²) in [5.74, 6) is 0.567. The second-order valence-electron chi connectivity index (χ2n) is 6.86. The average molecular weight is 375 g/mol. The fourth-order valence-electron chi connectivity index (χ4n) is 3.68. The van der Waals surface area contributed by atoms with Crippen molar-refractivity contribution in [3.05, 3.63) is 29.3 Å². The van der Waals surface area contributed by atoms with Gasteiger partial charge in [0.15, 0.2) is 16.4 Å². The molecule has 1 spiro atoms. The Kier molecular flexibility index (Phi) is 5.17. The molecule has 0 N–H and O–H groups in total. The summed E-state index contributed by atoms with van der Waals surface area (Å²) in [6, 6.07) is 3.96. The van der Waals surface area contributed by atoms with Gasteiger partial charge in [-0.15, -0.1) is 0 Å². The lowest BCUT2D eigenvalue weighted by molar-refractivity contribution is -0.187. The molecule has 0 aliphatic carbocycles. The van der Waals surface area contributed by atoms with Gasteiger partial charge in [0, 0.05) is 50.4 Å². The number of piperidine rings is 1. The molecule has 2 aromatic rings. The lowest BCUT2D eigenvalue weighted by Crippen LogP contribution is -2.45. The van der Waals surface area contributed by atoms with Crippen molar-refractivity contribution in [1.82, 2.24) is 24.2 Å². The fourth-order valence-corrected chi connectivity index (χ4v) is 3.96. The van der Waals surface area contributed by atoms with Gasteiger partial charge in [-0.1, -0.05) is 6.92 Å². The molecule has 8 heteroatoms. The van der Waals surface area contributed by atoms with Crippen molar-refractivity contribution in [3.63, 3.8) is 0 Å². The van der Waals surface area contributed by atoms with E-state index in [9.17, 15) is 0 Å². The molecule has 7 nitrogen and oxygen atoms in total. The summed E-state index contributed by atoms with van der Waals surface area (Å²) in [4.78, 5) is 6.47. The predicted octanol–water partition coefficient (Wildman–Crippen LogP) is 2.68. The minimum atomic E-state index is -0.346. The standard InChI is InChI=1S/C18H25N5O2S/c1-2-9-22-16(15-3-7-19-8-4-15)20-23(17(22)26)14-21-10-5-18(6-11-21)24-12-13-25-18/h3-4,7-8H,2,5-6,9-14H2,1H3. The van der Waals surface area contributed by atoms with Crippen molar-refractivity contribution in [1.29, 1.82) is 0 Å². The van der Waals surface area contributed by atoms with E-state index in [1.165, 1.54) is 0 Å². The second kappa shape index (κ2) is 7.56. The Balaban J connectivity index is 1.53. The van der Waals surface area contributed by atoms with E-state index in [0.29, 0.717) is 19.9 Å².